The van der Waals surface area contributed by atoms with Gasteiger partial charge in [-0.25, -0.2) is 0 Å². The van der Waals surface area contributed by atoms with Gasteiger partial charge in [0.05, 0.1) is 26.4 Å². The van der Waals surface area contributed by atoms with Crippen molar-refractivity contribution in [1.82, 2.24) is 10.6 Å². The second kappa shape index (κ2) is 14.1. The van der Waals surface area contributed by atoms with Gasteiger partial charge in [0.1, 0.15) is 11.9 Å². The number of aryl methyl sites for hydroxylation is 1. The first-order chi connectivity index (χ1) is 14.2. The van der Waals surface area contributed by atoms with Gasteiger partial charge in [0.15, 0.2) is 5.96 Å². The van der Waals surface area contributed by atoms with E-state index in [1.165, 1.54) is 5.56 Å². The Morgan fingerprint density at radius 2 is 2.00 bits per heavy atom. The van der Waals surface area contributed by atoms with Crippen LogP contribution in [-0.2, 0) is 20.8 Å². The van der Waals surface area contributed by atoms with Gasteiger partial charge in [-0.15, -0.1) is 24.0 Å². The van der Waals surface area contributed by atoms with Crippen LogP contribution in [-0.4, -0.2) is 65.3 Å². The lowest BCUT2D eigenvalue weighted by Gasteiger charge is -2.18. The number of halogens is 1. The van der Waals surface area contributed by atoms with Crippen LogP contribution in [0.2, 0.25) is 0 Å². The second-order valence-electron chi connectivity index (χ2n) is 7.73. The van der Waals surface area contributed by atoms with Crippen molar-refractivity contribution in [3.63, 3.8) is 0 Å². The van der Waals surface area contributed by atoms with Crippen LogP contribution in [0.4, 0.5) is 0 Å². The molecule has 2 aliphatic heterocycles. The number of aliphatic imine (C=N–C) groups is 1. The Morgan fingerprint density at radius 1 is 1.17 bits per heavy atom. The average Bonchev–Trinajstić information content (AvgIpc) is 3.42. The minimum Gasteiger partial charge on any atom is -0.488 e. The van der Waals surface area contributed by atoms with E-state index < -0.39 is 0 Å². The van der Waals surface area contributed by atoms with Crippen molar-refractivity contribution in [1.29, 1.82) is 0 Å². The molecule has 2 aliphatic rings. The molecule has 8 heteroatoms. The lowest BCUT2D eigenvalue weighted by atomic mass is 10.1. The van der Waals surface area contributed by atoms with E-state index in [-0.39, 0.29) is 30.1 Å². The van der Waals surface area contributed by atoms with E-state index in [0.717, 1.165) is 76.1 Å². The highest BCUT2D eigenvalue weighted by molar-refractivity contribution is 14.0. The monoisotopic (exact) mass is 533 g/mol. The van der Waals surface area contributed by atoms with Crippen LogP contribution in [0.1, 0.15) is 30.4 Å². The molecule has 0 aliphatic carbocycles. The summed E-state index contributed by atoms with van der Waals surface area (Å²) in [7, 11) is 1.79. The molecule has 0 aromatic heterocycles. The smallest absolute Gasteiger partial charge is 0.191 e. The van der Waals surface area contributed by atoms with E-state index >= 15 is 0 Å². The van der Waals surface area contributed by atoms with Gasteiger partial charge >= 0.3 is 0 Å². The third kappa shape index (κ3) is 8.56. The summed E-state index contributed by atoms with van der Waals surface area (Å²) in [5, 5.41) is 6.72. The van der Waals surface area contributed by atoms with Crippen LogP contribution in [0.15, 0.2) is 23.2 Å². The maximum atomic E-state index is 6.17. The molecule has 2 N–H and O–H groups in total. The number of nitrogens with one attached hydrogen (secondary N) is 2. The maximum absolute atomic E-state index is 6.17. The Labute approximate surface area is 197 Å². The number of benzene rings is 1. The Bertz CT molecular complexity index is 647. The average molecular weight is 533 g/mol. The van der Waals surface area contributed by atoms with Gasteiger partial charge in [-0.1, -0.05) is 12.1 Å². The van der Waals surface area contributed by atoms with Crippen molar-refractivity contribution < 1.29 is 18.9 Å². The van der Waals surface area contributed by atoms with Gasteiger partial charge in [-0.05, 0) is 31.4 Å². The Hall–Kier alpha value is -1.10. The first-order valence-electron chi connectivity index (χ1n) is 10.7. The highest BCUT2D eigenvalue weighted by atomic mass is 127. The van der Waals surface area contributed by atoms with Crippen LogP contribution in [0, 0.1) is 12.8 Å². The fourth-order valence-corrected chi connectivity index (χ4v) is 3.45. The zero-order valence-corrected chi connectivity index (χ0v) is 20.5. The zero-order valence-electron chi connectivity index (χ0n) is 18.2. The molecule has 1 aromatic carbocycles. The molecule has 0 saturated carbocycles. The van der Waals surface area contributed by atoms with E-state index in [0.29, 0.717) is 19.1 Å². The lowest BCUT2D eigenvalue weighted by Crippen LogP contribution is -2.37. The number of nitrogens with zero attached hydrogens (tertiary/aromatic N) is 1. The molecule has 2 fully saturated rings. The van der Waals surface area contributed by atoms with Gasteiger partial charge < -0.3 is 29.6 Å². The van der Waals surface area contributed by atoms with E-state index in [2.05, 4.69) is 40.7 Å². The molecule has 0 bridgehead atoms. The van der Waals surface area contributed by atoms with Crippen LogP contribution >= 0.6 is 24.0 Å². The van der Waals surface area contributed by atoms with Crippen molar-refractivity contribution in [3.05, 3.63) is 29.3 Å². The fourth-order valence-electron chi connectivity index (χ4n) is 3.45. The molecule has 170 valence electrons. The SMILES string of the molecule is CN=C(NCCCOCC1CCOC1)NCc1ccc(C)cc1OC1CCOC1.I. The molecule has 2 atom stereocenters. The molecular formula is C22H36IN3O4. The van der Waals surface area contributed by atoms with Gasteiger partial charge in [0.2, 0.25) is 0 Å². The summed E-state index contributed by atoms with van der Waals surface area (Å²) in [6.07, 6.45) is 3.14. The maximum Gasteiger partial charge on any atom is 0.191 e. The molecule has 1 aromatic rings. The van der Waals surface area contributed by atoms with Crippen molar-refractivity contribution in [2.45, 2.75) is 38.8 Å². The predicted octanol–water partition coefficient (Wildman–Crippen LogP) is 2.89. The summed E-state index contributed by atoms with van der Waals surface area (Å²) in [5.41, 5.74) is 2.31. The molecular weight excluding hydrogens is 497 g/mol. The number of hydrogen-bond acceptors (Lipinski definition) is 5. The zero-order chi connectivity index (χ0) is 20.3. The number of guanidine groups is 1. The molecule has 0 radical (unpaired) electrons. The number of hydrogen-bond donors (Lipinski definition) is 2. The van der Waals surface area contributed by atoms with E-state index in [1.807, 2.05) is 0 Å². The molecule has 0 spiro atoms. The van der Waals surface area contributed by atoms with Gasteiger partial charge in [-0.3, -0.25) is 4.99 Å². The third-order valence-corrected chi connectivity index (χ3v) is 5.21. The Morgan fingerprint density at radius 3 is 2.73 bits per heavy atom. The third-order valence-electron chi connectivity index (χ3n) is 5.21. The van der Waals surface area contributed by atoms with Gasteiger partial charge in [0.25, 0.3) is 0 Å². The van der Waals surface area contributed by atoms with E-state index in [4.69, 9.17) is 18.9 Å². The summed E-state index contributed by atoms with van der Waals surface area (Å²) in [6, 6.07) is 6.32. The highest BCUT2D eigenvalue weighted by Crippen LogP contribution is 2.23. The molecule has 3 rings (SSSR count). The lowest BCUT2D eigenvalue weighted by molar-refractivity contribution is 0.0888. The summed E-state index contributed by atoms with van der Waals surface area (Å²) < 4.78 is 22.7. The minimum absolute atomic E-state index is 0. The summed E-state index contributed by atoms with van der Waals surface area (Å²) in [4.78, 5) is 4.31. The van der Waals surface area contributed by atoms with Crippen molar-refractivity contribution in [2.24, 2.45) is 10.9 Å². The summed E-state index contributed by atoms with van der Waals surface area (Å²) in [6.45, 7) is 8.26. The van der Waals surface area contributed by atoms with Crippen molar-refractivity contribution in [3.8, 4) is 5.75 Å². The summed E-state index contributed by atoms with van der Waals surface area (Å²) >= 11 is 0. The minimum atomic E-state index is 0. The molecule has 2 unspecified atom stereocenters. The molecule has 30 heavy (non-hydrogen) atoms. The summed E-state index contributed by atoms with van der Waals surface area (Å²) in [5.74, 6) is 2.27. The van der Waals surface area contributed by atoms with Crippen LogP contribution in [0.25, 0.3) is 0 Å². The topological polar surface area (TPSA) is 73.3 Å². The molecule has 7 nitrogen and oxygen atoms in total. The van der Waals surface area contributed by atoms with Crippen molar-refractivity contribution in [2.75, 3.05) is 53.2 Å². The molecule has 2 saturated heterocycles. The standard InChI is InChI=1S/C22H35N3O4.HI/c1-17-4-5-19(21(12-17)29-20-7-11-28-16-20)13-25-22(23-2)24-8-3-9-26-14-18-6-10-27-15-18;/h4-5,12,18,20H,3,6-11,13-16H2,1-2H3,(H2,23,24,25);1H. The largest absolute Gasteiger partial charge is 0.488 e. The number of rotatable bonds is 10. The quantitative estimate of drug-likeness (QED) is 0.209. The van der Waals surface area contributed by atoms with Gasteiger partial charge in [0, 0.05) is 51.3 Å². The Kier molecular flexibility index (Phi) is 11.8. The normalized spacial score (nSPS) is 21.3. The van der Waals surface area contributed by atoms with Gasteiger partial charge in [-0.2, -0.15) is 0 Å². The van der Waals surface area contributed by atoms with E-state index in [9.17, 15) is 0 Å². The molecule has 0 amide bonds. The van der Waals surface area contributed by atoms with Crippen LogP contribution in [0.3, 0.4) is 0 Å². The highest BCUT2D eigenvalue weighted by Gasteiger charge is 2.19. The first-order valence-corrected chi connectivity index (χ1v) is 10.7. The van der Waals surface area contributed by atoms with Crippen LogP contribution in [0.5, 0.6) is 5.75 Å². The number of ether oxygens (including phenoxy) is 4. The van der Waals surface area contributed by atoms with Crippen molar-refractivity contribution >= 4 is 29.9 Å². The van der Waals surface area contributed by atoms with Crippen LogP contribution < -0.4 is 15.4 Å². The first kappa shape index (κ1) is 25.2. The van der Waals surface area contributed by atoms with E-state index in [1.54, 1.807) is 7.05 Å². The molecule has 2 heterocycles. The Balaban J connectivity index is 0.00000320. The second-order valence-corrected chi connectivity index (χ2v) is 7.73. The predicted molar refractivity (Wildman–Crippen MR) is 129 cm³/mol. The fraction of sp³-hybridized carbons (Fsp3) is 0.682.